The van der Waals surface area contributed by atoms with E-state index in [9.17, 15) is 0 Å². The van der Waals surface area contributed by atoms with Crippen molar-refractivity contribution in [3.63, 3.8) is 0 Å². The van der Waals surface area contributed by atoms with E-state index in [0.717, 1.165) is 34.4 Å². The molecule has 0 bridgehead atoms. The van der Waals surface area contributed by atoms with Gasteiger partial charge in [-0.25, -0.2) is 0 Å². The summed E-state index contributed by atoms with van der Waals surface area (Å²) < 4.78 is 7.22. The summed E-state index contributed by atoms with van der Waals surface area (Å²) in [6.45, 7) is 1.38. The standard InChI is InChI=1S/C23H20BrN3O/c24-15-8-9-21(28-14-16-5-3-4-11-25-16)19(13-15)22-23-18(10-12-26-22)17-6-1-2-7-20(17)27-23/h1-9,11,13,22,26-27H,10,12,14H2. The molecule has 3 heterocycles. The summed E-state index contributed by atoms with van der Waals surface area (Å²) in [6, 6.07) is 20.7. The van der Waals surface area contributed by atoms with Gasteiger partial charge in [0.15, 0.2) is 0 Å². The number of rotatable bonds is 4. The van der Waals surface area contributed by atoms with Crippen molar-refractivity contribution in [2.24, 2.45) is 0 Å². The summed E-state index contributed by atoms with van der Waals surface area (Å²) in [5.74, 6) is 0.873. The third-order valence-electron chi connectivity index (χ3n) is 5.24. The van der Waals surface area contributed by atoms with E-state index in [1.165, 1.54) is 22.2 Å². The van der Waals surface area contributed by atoms with E-state index in [1.807, 2.05) is 30.3 Å². The molecule has 1 unspecified atom stereocenters. The molecule has 4 aromatic rings. The maximum absolute atomic E-state index is 6.18. The second-order valence-electron chi connectivity index (χ2n) is 6.99. The second-order valence-corrected chi connectivity index (χ2v) is 7.91. The Balaban J connectivity index is 1.54. The molecule has 2 N–H and O–H groups in total. The lowest BCUT2D eigenvalue weighted by molar-refractivity contribution is 0.295. The van der Waals surface area contributed by atoms with E-state index < -0.39 is 0 Å². The predicted molar refractivity (Wildman–Crippen MR) is 115 cm³/mol. The summed E-state index contributed by atoms with van der Waals surface area (Å²) in [6.07, 6.45) is 2.81. The second kappa shape index (κ2) is 7.41. The van der Waals surface area contributed by atoms with Gasteiger partial charge in [-0.2, -0.15) is 0 Å². The minimum atomic E-state index is 0.0624. The summed E-state index contributed by atoms with van der Waals surface area (Å²) in [4.78, 5) is 8.00. The highest BCUT2D eigenvalue weighted by Gasteiger charge is 2.27. The molecule has 0 amide bonds. The van der Waals surface area contributed by atoms with Gasteiger partial charge in [-0.1, -0.05) is 40.2 Å². The zero-order valence-electron chi connectivity index (χ0n) is 15.3. The van der Waals surface area contributed by atoms with Crippen LogP contribution in [0.15, 0.2) is 71.3 Å². The molecular weight excluding hydrogens is 414 g/mol. The van der Waals surface area contributed by atoms with Crippen LogP contribution in [0.4, 0.5) is 0 Å². The molecule has 28 heavy (non-hydrogen) atoms. The Bertz CT molecular complexity index is 1120. The molecule has 0 fully saturated rings. The van der Waals surface area contributed by atoms with Gasteiger partial charge in [-0.05, 0) is 48.4 Å². The minimum absolute atomic E-state index is 0.0624. The van der Waals surface area contributed by atoms with E-state index in [1.54, 1.807) is 6.20 Å². The van der Waals surface area contributed by atoms with Gasteiger partial charge < -0.3 is 15.0 Å². The number of aromatic amines is 1. The molecule has 140 valence electrons. The third-order valence-corrected chi connectivity index (χ3v) is 5.74. The van der Waals surface area contributed by atoms with E-state index in [2.05, 4.69) is 61.5 Å². The Morgan fingerprint density at radius 2 is 1.96 bits per heavy atom. The maximum atomic E-state index is 6.18. The number of ether oxygens (including phenoxy) is 1. The van der Waals surface area contributed by atoms with E-state index in [-0.39, 0.29) is 6.04 Å². The van der Waals surface area contributed by atoms with Crippen LogP contribution in [-0.4, -0.2) is 16.5 Å². The van der Waals surface area contributed by atoms with Crippen LogP contribution in [0.1, 0.15) is 28.6 Å². The first-order valence-corrected chi connectivity index (χ1v) is 10.2. The monoisotopic (exact) mass is 433 g/mol. The Morgan fingerprint density at radius 1 is 1.07 bits per heavy atom. The number of hydrogen-bond acceptors (Lipinski definition) is 3. The van der Waals surface area contributed by atoms with Crippen LogP contribution < -0.4 is 10.1 Å². The highest BCUT2D eigenvalue weighted by molar-refractivity contribution is 9.10. The van der Waals surface area contributed by atoms with Crippen molar-refractivity contribution in [3.8, 4) is 5.75 Å². The molecule has 2 aromatic carbocycles. The van der Waals surface area contributed by atoms with E-state index in [4.69, 9.17) is 4.74 Å². The molecule has 5 rings (SSSR count). The molecule has 0 saturated carbocycles. The number of nitrogens with zero attached hydrogens (tertiary/aromatic N) is 1. The average molecular weight is 434 g/mol. The molecule has 2 aromatic heterocycles. The largest absolute Gasteiger partial charge is 0.487 e. The predicted octanol–water partition coefficient (Wildman–Crippen LogP) is 5.14. The number of halogens is 1. The highest BCUT2D eigenvalue weighted by atomic mass is 79.9. The van der Waals surface area contributed by atoms with Gasteiger partial charge in [0.1, 0.15) is 12.4 Å². The van der Waals surface area contributed by atoms with Crippen molar-refractivity contribution < 1.29 is 4.74 Å². The molecule has 5 heteroatoms. The Labute approximate surface area is 172 Å². The lowest BCUT2D eigenvalue weighted by atomic mass is 9.94. The topological polar surface area (TPSA) is 49.9 Å². The third kappa shape index (κ3) is 3.21. The van der Waals surface area contributed by atoms with Crippen molar-refractivity contribution in [1.82, 2.24) is 15.3 Å². The van der Waals surface area contributed by atoms with Crippen molar-refractivity contribution >= 4 is 26.8 Å². The lowest BCUT2D eigenvalue weighted by Crippen LogP contribution is -2.30. The number of nitrogens with one attached hydrogen (secondary N) is 2. The van der Waals surface area contributed by atoms with Crippen molar-refractivity contribution in [2.75, 3.05) is 6.54 Å². The van der Waals surface area contributed by atoms with Gasteiger partial charge in [0.25, 0.3) is 0 Å². The quantitative estimate of drug-likeness (QED) is 0.468. The first-order chi connectivity index (χ1) is 13.8. The van der Waals surface area contributed by atoms with Crippen molar-refractivity contribution in [2.45, 2.75) is 19.1 Å². The van der Waals surface area contributed by atoms with Crippen LogP contribution in [0, 0.1) is 0 Å². The van der Waals surface area contributed by atoms with Crippen LogP contribution in [0.25, 0.3) is 10.9 Å². The molecule has 0 radical (unpaired) electrons. The smallest absolute Gasteiger partial charge is 0.130 e. The normalized spacial score (nSPS) is 16.1. The SMILES string of the molecule is Brc1ccc(OCc2ccccn2)c(C2NCCc3c2[nH]c2ccccc32)c1. The molecule has 0 saturated heterocycles. The first kappa shape index (κ1) is 17.5. The van der Waals surface area contributed by atoms with Gasteiger partial charge >= 0.3 is 0 Å². The number of pyridine rings is 1. The summed E-state index contributed by atoms with van der Waals surface area (Å²) in [7, 11) is 0. The van der Waals surface area contributed by atoms with Gasteiger partial charge in [-0.3, -0.25) is 4.98 Å². The number of H-pyrrole nitrogens is 1. The van der Waals surface area contributed by atoms with Gasteiger partial charge in [-0.15, -0.1) is 0 Å². The lowest BCUT2D eigenvalue weighted by Gasteiger charge is -2.26. The zero-order valence-corrected chi connectivity index (χ0v) is 16.9. The highest BCUT2D eigenvalue weighted by Crippen LogP contribution is 2.38. The van der Waals surface area contributed by atoms with E-state index >= 15 is 0 Å². The van der Waals surface area contributed by atoms with Crippen molar-refractivity contribution in [1.29, 1.82) is 0 Å². The number of aromatic nitrogens is 2. The van der Waals surface area contributed by atoms with Crippen LogP contribution in [0.3, 0.4) is 0 Å². The average Bonchev–Trinajstić information content (AvgIpc) is 3.12. The minimum Gasteiger partial charge on any atom is -0.487 e. The van der Waals surface area contributed by atoms with Gasteiger partial charge in [0, 0.05) is 39.4 Å². The fourth-order valence-corrected chi connectivity index (χ4v) is 4.34. The summed E-state index contributed by atoms with van der Waals surface area (Å²) >= 11 is 3.63. The summed E-state index contributed by atoms with van der Waals surface area (Å²) in [5.41, 5.74) is 5.85. The number of para-hydroxylation sites is 1. The van der Waals surface area contributed by atoms with Crippen LogP contribution in [0.2, 0.25) is 0 Å². The number of fused-ring (bicyclic) bond motifs is 3. The van der Waals surface area contributed by atoms with Crippen LogP contribution >= 0.6 is 15.9 Å². The Morgan fingerprint density at radius 3 is 2.86 bits per heavy atom. The van der Waals surface area contributed by atoms with E-state index in [0.29, 0.717) is 6.61 Å². The molecule has 0 spiro atoms. The van der Waals surface area contributed by atoms with Crippen LogP contribution in [-0.2, 0) is 13.0 Å². The fraction of sp³-hybridized carbons (Fsp3) is 0.174. The molecule has 1 aliphatic rings. The first-order valence-electron chi connectivity index (χ1n) is 9.44. The van der Waals surface area contributed by atoms with Gasteiger partial charge in [0.2, 0.25) is 0 Å². The van der Waals surface area contributed by atoms with Gasteiger partial charge in [0.05, 0.1) is 11.7 Å². The molecule has 0 aliphatic carbocycles. The fourth-order valence-electron chi connectivity index (χ4n) is 3.96. The molecular formula is C23H20BrN3O. The molecule has 4 nitrogen and oxygen atoms in total. The molecule has 1 atom stereocenters. The van der Waals surface area contributed by atoms with Crippen LogP contribution in [0.5, 0.6) is 5.75 Å². The maximum Gasteiger partial charge on any atom is 0.130 e. The Kier molecular flexibility index (Phi) is 4.63. The Hall–Kier alpha value is -2.63. The van der Waals surface area contributed by atoms with Crippen molar-refractivity contribution in [3.05, 3.63) is 93.8 Å². The summed E-state index contributed by atoms with van der Waals surface area (Å²) in [5, 5.41) is 4.99. The number of hydrogen-bond donors (Lipinski definition) is 2. The number of benzene rings is 2. The molecule has 1 aliphatic heterocycles. The zero-order chi connectivity index (χ0) is 18.9.